The van der Waals surface area contributed by atoms with E-state index in [1.54, 1.807) is 7.11 Å². The van der Waals surface area contributed by atoms with Crippen molar-refractivity contribution in [2.24, 2.45) is 0 Å². The summed E-state index contributed by atoms with van der Waals surface area (Å²) in [5, 5.41) is 0. The summed E-state index contributed by atoms with van der Waals surface area (Å²) in [6.07, 6.45) is 1.87. The lowest BCUT2D eigenvalue weighted by Crippen LogP contribution is -1.84. The predicted molar refractivity (Wildman–Crippen MR) is 52.1 cm³/mol. The molecule has 1 aliphatic heterocycles. The fourth-order valence-electron chi connectivity index (χ4n) is 1.43. The highest BCUT2D eigenvalue weighted by atomic mass is 16.5. The van der Waals surface area contributed by atoms with Crippen LogP contribution in [-0.2, 0) is 0 Å². The van der Waals surface area contributed by atoms with E-state index < -0.39 is 0 Å². The van der Waals surface area contributed by atoms with Crippen LogP contribution in [0.3, 0.4) is 0 Å². The Morgan fingerprint density at radius 3 is 2.77 bits per heavy atom. The van der Waals surface area contributed by atoms with Crippen molar-refractivity contribution in [3.05, 3.63) is 36.0 Å². The number of aryl methyl sites for hydroxylation is 1. The molecule has 0 atom stereocenters. The summed E-state index contributed by atoms with van der Waals surface area (Å²) in [7, 11) is 1.67. The highest BCUT2D eigenvalue weighted by Crippen LogP contribution is 2.31. The molecule has 0 aromatic rings. The molecule has 13 heavy (non-hydrogen) atoms. The number of nitrogens with zero attached hydrogens (tertiary/aromatic N) is 1. The smallest absolute Gasteiger partial charge is 0.145 e. The van der Waals surface area contributed by atoms with E-state index in [0.29, 0.717) is 0 Å². The molecule has 0 fully saturated rings. The molecule has 2 nitrogen and oxygen atoms in total. The molecule has 0 N–H and O–H groups in total. The Balaban J connectivity index is 2.71. The fourth-order valence-corrected chi connectivity index (χ4v) is 1.43. The molecule has 0 saturated heterocycles. The van der Waals surface area contributed by atoms with Gasteiger partial charge in [0.05, 0.1) is 7.11 Å². The molecule has 0 radical (unpaired) electrons. The van der Waals surface area contributed by atoms with Crippen molar-refractivity contribution >= 4 is 0 Å². The second kappa shape index (κ2) is 3.05. The molecule has 66 valence electrons. The van der Waals surface area contributed by atoms with Crippen molar-refractivity contribution < 1.29 is 4.74 Å². The molecule has 2 rings (SSSR count). The van der Waals surface area contributed by atoms with Gasteiger partial charge in [-0.3, -0.25) is 4.98 Å². The molecule has 2 heteroatoms. The number of hydrogen-bond donors (Lipinski definition) is 0. The first-order valence-electron chi connectivity index (χ1n) is 4.21. The zero-order chi connectivity index (χ0) is 9.26. The van der Waals surface area contributed by atoms with Crippen LogP contribution < -0.4 is 4.74 Å². The van der Waals surface area contributed by atoms with Gasteiger partial charge in [-0.15, -0.1) is 0 Å². The molecule has 1 aliphatic carbocycles. The van der Waals surface area contributed by atoms with Crippen LogP contribution in [0.2, 0.25) is 0 Å². The number of ether oxygens (including phenoxy) is 1. The highest BCUT2D eigenvalue weighted by molar-refractivity contribution is 5.70. The van der Waals surface area contributed by atoms with Crippen molar-refractivity contribution in [1.29, 1.82) is 0 Å². The van der Waals surface area contributed by atoms with E-state index in [4.69, 9.17) is 4.74 Å². The van der Waals surface area contributed by atoms with E-state index in [9.17, 15) is 0 Å². The highest BCUT2D eigenvalue weighted by Gasteiger charge is 2.10. The Hall–Kier alpha value is -1.57. The number of methoxy groups -OCH3 is 1. The first-order chi connectivity index (χ1) is 6.33. The van der Waals surface area contributed by atoms with Crippen molar-refractivity contribution in [3.8, 4) is 17.0 Å². The summed E-state index contributed by atoms with van der Waals surface area (Å²) in [6.45, 7) is 2.05. The predicted octanol–water partition coefficient (Wildman–Crippen LogP) is 2.50. The third-order valence-electron chi connectivity index (χ3n) is 2.14. The van der Waals surface area contributed by atoms with Crippen LogP contribution in [0.4, 0.5) is 0 Å². The second-order valence-corrected chi connectivity index (χ2v) is 2.99. The molecule has 0 aromatic heterocycles. The van der Waals surface area contributed by atoms with Gasteiger partial charge in [0.15, 0.2) is 0 Å². The molecule has 0 spiro atoms. The Bertz CT molecular complexity index is 398. The third-order valence-corrected chi connectivity index (χ3v) is 2.14. The fraction of sp³-hybridized carbons (Fsp3) is 0.182. The summed E-state index contributed by atoms with van der Waals surface area (Å²) in [6, 6.07) is 7.94. The average molecular weight is 173 g/mol. The van der Waals surface area contributed by atoms with Gasteiger partial charge < -0.3 is 4.74 Å². The van der Waals surface area contributed by atoms with Gasteiger partial charge in [-0.25, -0.2) is 0 Å². The zero-order valence-corrected chi connectivity index (χ0v) is 7.74. The van der Waals surface area contributed by atoms with Crippen LogP contribution in [0.25, 0.3) is 11.3 Å². The van der Waals surface area contributed by atoms with E-state index in [0.717, 1.165) is 17.0 Å². The summed E-state index contributed by atoms with van der Waals surface area (Å²) in [4.78, 5) is 4.30. The number of aromatic nitrogens is 1. The Morgan fingerprint density at radius 2 is 2.00 bits per heavy atom. The van der Waals surface area contributed by atoms with E-state index in [2.05, 4.69) is 18.0 Å². The molecular formula is C11H11NO. The van der Waals surface area contributed by atoms with Gasteiger partial charge in [-0.2, -0.15) is 0 Å². The summed E-state index contributed by atoms with van der Waals surface area (Å²) in [5.74, 6) is 0.827. The van der Waals surface area contributed by atoms with Gasteiger partial charge in [0, 0.05) is 11.8 Å². The lowest BCUT2D eigenvalue weighted by Gasteiger charge is -1.99. The maximum absolute atomic E-state index is 5.24. The minimum absolute atomic E-state index is 0.827. The lowest BCUT2D eigenvalue weighted by molar-refractivity contribution is 0.415. The maximum atomic E-state index is 5.24. The molecule has 0 amide bonds. The van der Waals surface area contributed by atoms with E-state index in [1.165, 1.54) is 5.56 Å². The topological polar surface area (TPSA) is 22.1 Å². The molecule has 0 unspecified atom stereocenters. The molecule has 1 heterocycles. The minimum Gasteiger partial charge on any atom is -0.494 e. The SMILES string of the molecule is COc1ccccc2c(C)cnc1-2. The van der Waals surface area contributed by atoms with Gasteiger partial charge in [0.1, 0.15) is 11.4 Å². The van der Waals surface area contributed by atoms with Gasteiger partial charge in [0.2, 0.25) is 0 Å². The molecule has 2 aliphatic rings. The van der Waals surface area contributed by atoms with Crippen molar-refractivity contribution in [2.75, 3.05) is 7.11 Å². The van der Waals surface area contributed by atoms with Crippen LogP contribution in [0, 0.1) is 6.92 Å². The standard InChI is InChI=1S/C11H11NO/c1-8-7-12-11-9(8)5-3-4-6-10(11)13-2/h3-7H,1-2H3. The first kappa shape index (κ1) is 8.05. The van der Waals surface area contributed by atoms with E-state index >= 15 is 0 Å². The van der Waals surface area contributed by atoms with Gasteiger partial charge >= 0.3 is 0 Å². The lowest BCUT2D eigenvalue weighted by atomic mass is 10.1. The van der Waals surface area contributed by atoms with Crippen molar-refractivity contribution in [2.45, 2.75) is 6.92 Å². The second-order valence-electron chi connectivity index (χ2n) is 2.99. The van der Waals surface area contributed by atoms with E-state index in [1.807, 2.05) is 24.4 Å². The summed E-state index contributed by atoms with van der Waals surface area (Å²) in [5.41, 5.74) is 3.27. The van der Waals surface area contributed by atoms with Gasteiger partial charge in [0.25, 0.3) is 0 Å². The molecule has 0 bridgehead atoms. The molecule has 0 saturated carbocycles. The van der Waals surface area contributed by atoms with Gasteiger partial charge in [-0.05, 0) is 18.6 Å². The monoisotopic (exact) mass is 173 g/mol. The van der Waals surface area contributed by atoms with Crippen LogP contribution in [0.1, 0.15) is 5.56 Å². The first-order valence-corrected chi connectivity index (χ1v) is 4.21. The maximum Gasteiger partial charge on any atom is 0.145 e. The summed E-state index contributed by atoms with van der Waals surface area (Å²) < 4.78 is 5.24. The third kappa shape index (κ3) is 1.24. The molecule has 0 aromatic carbocycles. The Kier molecular flexibility index (Phi) is 1.89. The number of hydrogen-bond acceptors (Lipinski definition) is 2. The molecular weight excluding hydrogens is 162 g/mol. The van der Waals surface area contributed by atoms with E-state index in [-0.39, 0.29) is 0 Å². The van der Waals surface area contributed by atoms with Crippen LogP contribution in [0.15, 0.2) is 30.5 Å². The quantitative estimate of drug-likeness (QED) is 0.661. The number of fused-ring (bicyclic) bond motifs is 1. The number of rotatable bonds is 1. The van der Waals surface area contributed by atoms with Gasteiger partial charge in [-0.1, -0.05) is 18.2 Å². The average Bonchev–Trinajstić information content (AvgIpc) is 2.39. The van der Waals surface area contributed by atoms with Crippen molar-refractivity contribution in [3.63, 3.8) is 0 Å². The van der Waals surface area contributed by atoms with Crippen LogP contribution in [0.5, 0.6) is 5.75 Å². The zero-order valence-electron chi connectivity index (χ0n) is 7.74. The minimum atomic E-state index is 0.827. The largest absolute Gasteiger partial charge is 0.494 e. The van der Waals surface area contributed by atoms with Crippen molar-refractivity contribution in [1.82, 2.24) is 4.98 Å². The Labute approximate surface area is 77.5 Å². The summed E-state index contributed by atoms with van der Waals surface area (Å²) >= 11 is 0. The van der Waals surface area contributed by atoms with Crippen LogP contribution >= 0.6 is 0 Å². The normalized spacial score (nSPS) is 10.3. The van der Waals surface area contributed by atoms with Crippen LogP contribution in [-0.4, -0.2) is 12.1 Å². The Morgan fingerprint density at radius 1 is 1.23 bits per heavy atom.